The molecule has 0 saturated heterocycles. The summed E-state index contributed by atoms with van der Waals surface area (Å²) >= 11 is 23.5. The van der Waals surface area contributed by atoms with Gasteiger partial charge in [0.15, 0.2) is 5.82 Å². The molecule has 0 aliphatic heterocycles. The molecule has 0 radical (unpaired) electrons. The second kappa shape index (κ2) is 6.84. The molecule has 0 amide bonds. The van der Waals surface area contributed by atoms with Gasteiger partial charge in [0.2, 0.25) is 4.77 Å². The molecule has 116 valence electrons. The zero-order chi connectivity index (χ0) is 16.4. The maximum atomic E-state index is 6.23. The van der Waals surface area contributed by atoms with Gasteiger partial charge in [-0.1, -0.05) is 53.0 Å². The van der Waals surface area contributed by atoms with Crippen molar-refractivity contribution in [3.05, 3.63) is 67.9 Å². The average molecular weight is 384 g/mol. The Bertz CT molecular complexity index is 946. The van der Waals surface area contributed by atoms with Crippen LogP contribution < -0.4 is 0 Å². The molecule has 0 aliphatic rings. The van der Waals surface area contributed by atoms with Crippen LogP contribution >= 0.6 is 47.0 Å². The number of rotatable bonds is 3. The molecule has 0 spiro atoms. The standard InChI is InChI=1S/C15H9Cl3N4S/c16-10-5-6-11(13(18)7-10)14-20-21-15(23)22(14)19-8-9-3-1-2-4-12(9)17/h1-8H,(H,21,23). The molecule has 2 aromatic carbocycles. The predicted molar refractivity (Wildman–Crippen MR) is 97.3 cm³/mol. The Hall–Kier alpha value is -1.66. The quantitative estimate of drug-likeness (QED) is 0.483. The fraction of sp³-hybridized carbons (Fsp3) is 0. The third kappa shape index (κ3) is 3.48. The molecular formula is C15H9Cl3N4S. The van der Waals surface area contributed by atoms with Gasteiger partial charge in [-0.2, -0.15) is 14.9 Å². The molecule has 0 atom stereocenters. The van der Waals surface area contributed by atoms with Gasteiger partial charge in [0.05, 0.1) is 11.2 Å². The molecule has 3 rings (SSSR count). The minimum atomic E-state index is 0.342. The van der Waals surface area contributed by atoms with Crippen molar-refractivity contribution in [1.29, 1.82) is 0 Å². The van der Waals surface area contributed by atoms with Crippen molar-refractivity contribution in [2.24, 2.45) is 5.10 Å². The fourth-order valence-electron chi connectivity index (χ4n) is 1.94. The Kier molecular flexibility index (Phi) is 4.82. The van der Waals surface area contributed by atoms with Gasteiger partial charge in [-0.15, -0.1) is 0 Å². The normalized spacial score (nSPS) is 11.3. The second-order valence-electron chi connectivity index (χ2n) is 4.55. The summed E-state index contributed by atoms with van der Waals surface area (Å²) in [5.74, 6) is 0.486. The highest BCUT2D eigenvalue weighted by molar-refractivity contribution is 7.71. The van der Waals surface area contributed by atoms with E-state index >= 15 is 0 Å². The fourth-order valence-corrected chi connectivity index (χ4v) is 2.80. The second-order valence-corrected chi connectivity index (χ2v) is 6.19. The maximum absolute atomic E-state index is 6.23. The van der Waals surface area contributed by atoms with Crippen LogP contribution in [0.4, 0.5) is 0 Å². The maximum Gasteiger partial charge on any atom is 0.216 e. The Morgan fingerprint density at radius 2 is 1.87 bits per heavy atom. The first-order chi connectivity index (χ1) is 11.1. The van der Waals surface area contributed by atoms with Crippen molar-refractivity contribution in [2.45, 2.75) is 0 Å². The van der Waals surface area contributed by atoms with Gasteiger partial charge in [0.1, 0.15) is 0 Å². The van der Waals surface area contributed by atoms with Crippen molar-refractivity contribution in [1.82, 2.24) is 14.9 Å². The lowest BCUT2D eigenvalue weighted by Gasteiger charge is -2.04. The molecule has 0 unspecified atom stereocenters. The minimum absolute atomic E-state index is 0.342. The Morgan fingerprint density at radius 1 is 1.09 bits per heavy atom. The zero-order valence-electron chi connectivity index (χ0n) is 11.5. The van der Waals surface area contributed by atoms with E-state index in [4.69, 9.17) is 47.0 Å². The Balaban J connectivity index is 2.06. The van der Waals surface area contributed by atoms with Gasteiger partial charge >= 0.3 is 0 Å². The molecule has 1 N–H and O–H groups in total. The predicted octanol–water partition coefficient (Wildman–Crippen LogP) is 5.45. The van der Waals surface area contributed by atoms with Crippen LogP contribution in [0.3, 0.4) is 0 Å². The molecule has 23 heavy (non-hydrogen) atoms. The number of halogens is 3. The highest BCUT2D eigenvalue weighted by atomic mass is 35.5. The van der Waals surface area contributed by atoms with Crippen molar-refractivity contribution in [3.8, 4) is 11.4 Å². The molecule has 8 heteroatoms. The number of benzene rings is 2. The molecule has 4 nitrogen and oxygen atoms in total. The van der Waals surface area contributed by atoms with Gasteiger partial charge < -0.3 is 0 Å². The smallest absolute Gasteiger partial charge is 0.216 e. The van der Waals surface area contributed by atoms with Gasteiger partial charge in [-0.25, -0.2) is 5.10 Å². The molecule has 0 aliphatic carbocycles. The minimum Gasteiger partial charge on any atom is -0.250 e. The van der Waals surface area contributed by atoms with Crippen LogP contribution in [0.2, 0.25) is 15.1 Å². The summed E-state index contributed by atoms with van der Waals surface area (Å²) in [5, 5.41) is 12.8. The molecule has 3 aromatic rings. The summed E-state index contributed by atoms with van der Waals surface area (Å²) in [4.78, 5) is 0. The van der Waals surface area contributed by atoms with Crippen LogP contribution in [-0.2, 0) is 0 Å². The SMILES string of the molecule is S=c1[nH]nc(-c2ccc(Cl)cc2Cl)n1N=Cc1ccccc1Cl. The average Bonchev–Trinajstić information content (AvgIpc) is 2.87. The number of H-pyrrole nitrogens is 1. The first-order valence-corrected chi connectivity index (χ1v) is 8.02. The van der Waals surface area contributed by atoms with Crippen LogP contribution in [0.15, 0.2) is 47.6 Å². The topological polar surface area (TPSA) is 46.0 Å². The van der Waals surface area contributed by atoms with Crippen molar-refractivity contribution < 1.29 is 0 Å². The summed E-state index contributed by atoms with van der Waals surface area (Å²) in [6.07, 6.45) is 1.61. The van der Waals surface area contributed by atoms with Crippen LogP contribution in [0.25, 0.3) is 11.4 Å². The van der Waals surface area contributed by atoms with E-state index < -0.39 is 0 Å². The van der Waals surface area contributed by atoms with Crippen LogP contribution in [0.1, 0.15) is 5.56 Å². The van der Waals surface area contributed by atoms with Crippen LogP contribution in [0.5, 0.6) is 0 Å². The number of hydrogen-bond donors (Lipinski definition) is 1. The number of hydrogen-bond acceptors (Lipinski definition) is 3. The summed E-state index contributed by atoms with van der Waals surface area (Å²) in [7, 11) is 0. The molecule has 1 heterocycles. The first kappa shape index (κ1) is 16.2. The van der Waals surface area contributed by atoms with E-state index in [0.717, 1.165) is 5.56 Å². The van der Waals surface area contributed by atoms with Crippen LogP contribution in [-0.4, -0.2) is 21.1 Å². The highest BCUT2D eigenvalue weighted by Gasteiger charge is 2.12. The van der Waals surface area contributed by atoms with Gasteiger partial charge in [0.25, 0.3) is 0 Å². The van der Waals surface area contributed by atoms with Gasteiger partial charge in [0, 0.05) is 21.2 Å². The third-order valence-corrected chi connectivity index (χ3v) is 4.20. The first-order valence-electron chi connectivity index (χ1n) is 6.48. The third-order valence-electron chi connectivity index (χ3n) is 3.04. The molecular weight excluding hydrogens is 375 g/mol. The largest absolute Gasteiger partial charge is 0.250 e. The van der Waals surface area contributed by atoms with E-state index in [-0.39, 0.29) is 0 Å². The number of nitrogens with zero attached hydrogens (tertiary/aromatic N) is 3. The molecule has 0 saturated carbocycles. The number of aromatic amines is 1. The molecule has 0 fully saturated rings. The van der Waals surface area contributed by atoms with Gasteiger partial charge in [-0.05, 0) is 36.5 Å². The Morgan fingerprint density at radius 3 is 2.61 bits per heavy atom. The van der Waals surface area contributed by atoms with E-state index in [1.54, 1.807) is 30.5 Å². The van der Waals surface area contributed by atoms with E-state index in [1.807, 2.05) is 18.2 Å². The lowest BCUT2D eigenvalue weighted by molar-refractivity contribution is 0.871. The molecule has 1 aromatic heterocycles. The monoisotopic (exact) mass is 382 g/mol. The van der Waals surface area contributed by atoms with Crippen molar-refractivity contribution in [2.75, 3.05) is 0 Å². The lowest BCUT2D eigenvalue weighted by atomic mass is 10.2. The van der Waals surface area contributed by atoms with Gasteiger partial charge in [-0.3, -0.25) is 0 Å². The zero-order valence-corrected chi connectivity index (χ0v) is 14.6. The van der Waals surface area contributed by atoms with Crippen LogP contribution in [0, 0.1) is 4.77 Å². The number of aromatic nitrogens is 3. The summed E-state index contributed by atoms with van der Waals surface area (Å²) in [6, 6.07) is 12.5. The van der Waals surface area contributed by atoms with Crippen molar-refractivity contribution in [3.63, 3.8) is 0 Å². The summed E-state index contributed by atoms with van der Waals surface area (Å²) < 4.78 is 1.82. The van der Waals surface area contributed by atoms with E-state index in [9.17, 15) is 0 Å². The lowest BCUT2D eigenvalue weighted by Crippen LogP contribution is -1.96. The molecule has 0 bridgehead atoms. The van der Waals surface area contributed by atoms with Crippen molar-refractivity contribution >= 4 is 53.2 Å². The highest BCUT2D eigenvalue weighted by Crippen LogP contribution is 2.29. The summed E-state index contributed by atoms with van der Waals surface area (Å²) in [6.45, 7) is 0. The van der Waals surface area contributed by atoms with E-state index in [2.05, 4.69) is 15.3 Å². The number of nitrogens with one attached hydrogen (secondary N) is 1. The van der Waals surface area contributed by atoms with E-state index in [1.165, 1.54) is 4.68 Å². The summed E-state index contributed by atoms with van der Waals surface area (Å²) in [5.41, 5.74) is 1.44. The van der Waals surface area contributed by atoms with E-state index in [0.29, 0.717) is 31.2 Å². The Labute approximate surface area is 152 Å².